The Kier molecular flexibility index (Phi) is 18.3. The van der Waals surface area contributed by atoms with Crippen molar-refractivity contribution in [3.8, 4) is 124 Å². The van der Waals surface area contributed by atoms with Crippen LogP contribution in [0.25, 0.3) is 275 Å². The molecule has 10 heteroatoms. The second-order valence-electron chi connectivity index (χ2n) is 35.0. The van der Waals surface area contributed by atoms with Gasteiger partial charge in [-0.1, -0.05) is 352 Å². The zero-order valence-corrected chi connectivity index (χ0v) is 74.1. The summed E-state index contributed by atoms with van der Waals surface area (Å²) in [5.74, 6) is 3.79. The number of hydrogen-bond donors (Lipinski definition) is 0. The van der Waals surface area contributed by atoms with Crippen molar-refractivity contribution in [2.24, 2.45) is 0 Å². The fraction of sp³-hybridized carbons (Fsp3) is 0. The Morgan fingerprint density at radius 1 is 0.162 bits per heavy atom. The van der Waals surface area contributed by atoms with Gasteiger partial charge in [0.1, 0.15) is 11.2 Å². The van der Waals surface area contributed by atoms with Gasteiger partial charge in [-0.25, -0.2) is 29.9 Å². The van der Waals surface area contributed by atoms with E-state index in [1.54, 1.807) is 0 Å². The number of thiophene rings is 1. The van der Waals surface area contributed by atoms with Gasteiger partial charge >= 0.3 is 0 Å². The lowest BCUT2D eigenvalue weighted by Crippen LogP contribution is -2.01. The Hall–Kier alpha value is -18.0. The number of nitrogens with zero attached hydrogens (tertiary/aromatic N) is 8. The molecule has 0 aliphatic rings. The first-order chi connectivity index (χ1) is 67.4. The summed E-state index contributed by atoms with van der Waals surface area (Å²) in [5, 5.41) is 23.7. The number of benzene rings is 22. The van der Waals surface area contributed by atoms with Crippen molar-refractivity contribution in [2.75, 3.05) is 0 Å². The van der Waals surface area contributed by atoms with Crippen molar-refractivity contribution in [1.82, 2.24) is 39.0 Å². The van der Waals surface area contributed by atoms with Gasteiger partial charge in [-0.15, -0.1) is 11.3 Å². The van der Waals surface area contributed by atoms with E-state index in [4.69, 9.17) is 34.3 Å². The summed E-state index contributed by atoms with van der Waals surface area (Å²) >= 11 is 1.87. The van der Waals surface area contributed by atoms with Crippen LogP contribution in [0.1, 0.15) is 0 Å². The molecule has 136 heavy (non-hydrogen) atoms. The first-order valence-corrected chi connectivity index (χ1v) is 46.8. The fourth-order valence-electron chi connectivity index (χ4n) is 21.1. The zero-order valence-electron chi connectivity index (χ0n) is 73.3. The third-order valence-electron chi connectivity index (χ3n) is 27.2. The molecule has 6 heterocycles. The zero-order chi connectivity index (χ0) is 89.4. The van der Waals surface area contributed by atoms with Gasteiger partial charge in [0.25, 0.3) is 0 Å². The molecule has 22 aromatic carbocycles. The minimum atomic E-state index is 0.621. The Morgan fingerprint density at radius 2 is 0.529 bits per heavy atom. The molecule has 28 rings (SSSR count). The maximum absolute atomic E-state index is 6.53. The molecule has 0 atom stereocenters. The monoisotopic (exact) mass is 1750 g/mol. The summed E-state index contributed by atoms with van der Waals surface area (Å²) in [5.41, 5.74) is 23.3. The molecule has 0 spiro atoms. The quantitative estimate of drug-likeness (QED) is 0.112. The largest absolute Gasteiger partial charge is 0.456 e. The second-order valence-corrected chi connectivity index (χ2v) is 36.1. The van der Waals surface area contributed by atoms with E-state index < -0.39 is 0 Å². The molecule has 0 N–H and O–H groups in total. The summed E-state index contributed by atoms with van der Waals surface area (Å²) in [6, 6.07) is 165. The Labute approximate surface area is 784 Å². The van der Waals surface area contributed by atoms with Crippen molar-refractivity contribution in [3.63, 3.8) is 0 Å². The molecule has 0 amide bonds. The third-order valence-corrected chi connectivity index (χ3v) is 28.3. The van der Waals surface area contributed by atoms with E-state index in [0.29, 0.717) is 34.9 Å². The minimum Gasteiger partial charge on any atom is -0.456 e. The molecule has 0 bridgehead atoms. The maximum Gasteiger partial charge on any atom is 0.164 e. The smallest absolute Gasteiger partial charge is 0.164 e. The van der Waals surface area contributed by atoms with E-state index in [1.807, 2.05) is 90.2 Å². The van der Waals surface area contributed by atoms with Gasteiger partial charge in [0.2, 0.25) is 0 Å². The predicted molar refractivity (Wildman–Crippen MR) is 568 cm³/mol. The second kappa shape index (κ2) is 32.0. The van der Waals surface area contributed by atoms with Gasteiger partial charge in [0.15, 0.2) is 34.9 Å². The SMILES string of the molecule is c1ccc(-c2nc(-c3ccccc3)nc(-c3cc(-c4ccc(-c5ccc6c(c5)c5cc7c(cc5n6-c5ccccc5)sc5ccccc57)cc4)cc4c5ccccc5c5ccccc5c34)n2)cc1.c1ccc(-c2nc(-c3ccccc3)nc(-c3cc(-c4cccc(-c5cccc6c5c5c7c(ccc5n6-c5ccccc5)oc5ccccc57)c4)cc4c5ccccc5c5ccccc5c34)n2)cc1. The van der Waals surface area contributed by atoms with Crippen LogP contribution in [-0.2, 0) is 0 Å². The lowest BCUT2D eigenvalue weighted by molar-refractivity contribution is 0.669. The summed E-state index contributed by atoms with van der Waals surface area (Å²) in [7, 11) is 0. The van der Waals surface area contributed by atoms with Crippen LogP contribution in [-0.4, -0.2) is 39.0 Å². The average molecular weight is 1750 g/mol. The highest BCUT2D eigenvalue weighted by atomic mass is 32.1. The van der Waals surface area contributed by atoms with E-state index in [-0.39, 0.29) is 0 Å². The molecule has 0 fully saturated rings. The van der Waals surface area contributed by atoms with Gasteiger partial charge in [-0.2, -0.15) is 0 Å². The maximum atomic E-state index is 6.53. The highest BCUT2D eigenvalue weighted by molar-refractivity contribution is 7.25. The summed E-state index contributed by atoms with van der Waals surface area (Å²) < 4.78 is 14.0. The molecular formula is C126H76N8OS. The predicted octanol–water partition coefficient (Wildman–Crippen LogP) is 33.8. The van der Waals surface area contributed by atoms with Crippen LogP contribution < -0.4 is 0 Å². The molecule has 28 aromatic rings. The fourth-order valence-corrected chi connectivity index (χ4v) is 22.2. The number of furan rings is 1. The van der Waals surface area contributed by atoms with Crippen LogP contribution >= 0.6 is 11.3 Å². The molecule has 632 valence electrons. The van der Waals surface area contributed by atoms with Crippen molar-refractivity contribution in [2.45, 2.75) is 0 Å². The van der Waals surface area contributed by atoms with Crippen LogP contribution in [0, 0.1) is 0 Å². The molecular weight excluding hydrogens is 1670 g/mol. The third kappa shape index (κ3) is 13.0. The lowest BCUT2D eigenvalue weighted by Gasteiger charge is -2.17. The van der Waals surface area contributed by atoms with Crippen LogP contribution in [0.3, 0.4) is 0 Å². The van der Waals surface area contributed by atoms with Crippen molar-refractivity contribution < 1.29 is 4.42 Å². The van der Waals surface area contributed by atoms with Crippen LogP contribution in [0.2, 0.25) is 0 Å². The summed E-state index contributed by atoms with van der Waals surface area (Å²) in [4.78, 5) is 31.4. The average Bonchev–Trinajstić information content (AvgIpc) is 1.43. The molecule has 0 aliphatic heterocycles. The van der Waals surface area contributed by atoms with Crippen molar-refractivity contribution in [3.05, 3.63) is 461 Å². The highest BCUT2D eigenvalue weighted by Crippen LogP contribution is 2.51. The molecule has 0 radical (unpaired) electrons. The first-order valence-electron chi connectivity index (χ1n) is 46.0. The van der Waals surface area contributed by atoms with E-state index >= 15 is 0 Å². The summed E-state index contributed by atoms with van der Waals surface area (Å²) in [6.07, 6.45) is 0. The van der Waals surface area contributed by atoms with Crippen molar-refractivity contribution in [1.29, 1.82) is 0 Å². The Morgan fingerprint density at radius 3 is 1.06 bits per heavy atom. The van der Waals surface area contributed by atoms with E-state index in [9.17, 15) is 0 Å². The van der Waals surface area contributed by atoms with E-state index in [2.05, 4.69) is 391 Å². The Bertz CT molecular complexity index is 9600. The molecule has 0 unspecified atom stereocenters. The van der Waals surface area contributed by atoms with Crippen LogP contribution in [0.5, 0.6) is 0 Å². The van der Waals surface area contributed by atoms with Crippen LogP contribution in [0.4, 0.5) is 0 Å². The standard InChI is InChI=1S/C63H38N4O.C63H38N4S/c1-4-18-39(19-5-1)61-64-62(40-20-6-2-7-21-40)66-63(65-61)52-38-43(37-51-48-28-11-10-26-46(48)47-27-12-13-29-49(47)57(51)52)41-22-16-23-42(36-41)45-31-17-32-53-58(45)60-54(67(53)44-24-8-3-9-25-44)34-35-56-59(60)50-30-14-15-33-55(50)68-56;1-4-16-41(17-5-1)61-64-62(42-18-6-2-7-19-42)66-63(65-61)55-36-44(35-54-48-24-11-10-22-46(48)47-23-12-13-26-50(47)60(54)55)40-30-28-39(29-31-40)43-32-33-56-51(34-43)52-37-53-49-25-14-15-27-58(49)68-59(53)38-57(52)67(56)45-20-8-3-9-21-45/h2*1-38H. The van der Waals surface area contributed by atoms with Gasteiger partial charge in [-0.05, 0) is 208 Å². The number of fused-ring (bicyclic) bond motifs is 25. The molecule has 9 nitrogen and oxygen atoms in total. The number of rotatable bonds is 12. The molecule has 0 aliphatic carbocycles. The van der Waals surface area contributed by atoms with Crippen LogP contribution in [0.15, 0.2) is 465 Å². The molecule has 0 saturated heterocycles. The van der Waals surface area contributed by atoms with E-state index in [1.165, 1.54) is 90.6 Å². The van der Waals surface area contributed by atoms with Crippen molar-refractivity contribution >= 4 is 162 Å². The van der Waals surface area contributed by atoms with Gasteiger partial charge < -0.3 is 13.6 Å². The normalized spacial score (nSPS) is 11.8. The van der Waals surface area contributed by atoms with Gasteiger partial charge in [0.05, 0.1) is 22.1 Å². The lowest BCUT2D eigenvalue weighted by atomic mass is 9.88. The molecule has 0 saturated carbocycles. The Balaban J connectivity index is 0.000000138. The number of aromatic nitrogens is 8. The topological polar surface area (TPSA) is 100 Å². The highest BCUT2D eigenvalue weighted by Gasteiger charge is 2.27. The van der Waals surface area contributed by atoms with Gasteiger partial charge in [-0.3, -0.25) is 0 Å². The van der Waals surface area contributed by atoms with E-state index in [0.717, 1.165) is 149 Å². The minimum absolute atomic E-state index is 0.621. The molecule has 6 aromatic heterocycles. The number of hydrogen-bond acceptors (Lipinski definition) is 8. The number of para-hydroxylation sites is 3. The van der Waals surface area contributed by atoms with Gasteiger partial charge in [0, 0.05) is 108 Å². The summed E-state index contributed by atoms with van der Waals surface area (Å²) in [6.45, 7) is 0. The first kappa shape index (κ1) is 77.9.